The summed E-state index contributed by atoms with van der Waals surface area (Å²) in [6.45, 7) is 0. The Bertz CT molecular complexity index is 284. The largest absolute Gasteiger partial charge is 0.482 e. The maximum atomic E-state index is 11.0. The van der Waals surface area contributed by atoms with Crippen molar-refractivity contribution in [3.63, 3.8) is 0 Å². The van der Waals surface area contributed by atoms with Crippen LogP contribution in [0.15, 0.2) is 24.3 Å². The van der Waals surface area contributed by atoms with Gasteiger partial charge >= 0.3 is 7.69 Å². The van der Waals surface area contributed by atoms with Crippen molar-refractivity contribution < 1.29 is 52.6 Å². The molecule has 0 saturated carbocycles. The SMILES string of the molecule is CNC(=O)c1ccc(I)cc1.O[B]O.[Ar]. The van der Waals surface area contributed by atoms with Gasteiger partial charge in [-0.05, 0) is 46.9 Å². The summed E-state index contributed by atoms with van der Waals surface area (Å²) in [5, 5.41) is 16.6. The number of nitrogens with one attached hydrogen (secondary N) is 1. The Hall–Kier alpha value is 0.665. The topological polar surface area (TPSA) is 69.6 Å². The molecule has 7 heteroatoms. The van der Waals surface area contributed by atoms with E-state index in [0.29, 0.717) is 5.56 Å². The summed E-state index contributed by atoms with van der Waals surface area (Å²) < 4.78 is 1.13. The molecule has 0 aliphatic rings. The van der Waals surface area contributed by atoms with Crippen LogP contribution in [0.2, 0.25) is 0 Å². The first-order valence-corrected chi connectivity index (χ1v) is 4.81. The molecule has 0 unspecified atom stereocenters. The number of hydrogen-bond donors (Lipinski definition) is 3. The number of carbonyl (C=O) groups is 1. The second kappa shape index (κ2) is 11.2. The molecule has 4 nitrogen and oxygen atoms in total. The number of carbonyl (C=O) groups excluding carboxylic acids is 1. The Morgan fingerprint density at radius 2 is 1.73 bits per heavy atom. The first kappa shape index (κ1) is 18.0. The number of halogens is 1. The Kier molecular flexibility index (Phi) is 13.4. The Balaban J connectivity index is 0. The number of benzene rings is 1. The van der Waals surface area contributed by atoms with E-state index in [0.717, 1.165) is 3.57 Å². The van der Waals surface area contributed by atoms with Gasteiger partial charge in [0.25, 0.3) is 5.91 Å². The van der Waals surface area contributed by atoms with Crippen LogP contribution >= 0.6 is 22.6 Å². The van der Waals surface area contributed by atoms with Crippen molar-refractivity contribution in [1.29, 1.82) is 0 Å². The summed E-state index contributed by atoms with van der Waals surface area (Å²) in [5.74, 6) is -0.0404. The van der Waals surface area contributed by atoms with Crippen LogP contribution in [-0.2, 0) is 0 Å². The Labute approximate surface area is 133 Å². The van der Waals surface area contributed by atoms with Crippen LogP contribution in [0.3, 0.4) is 0 Å². The predicted octanol–water partition coefficient (Wildman–Crippen LogP) is 0.156. The van der Waals surface area contributed by atoms with Crippen molar-refractivity contribution in [1.82, 2.24) is 5.32 Å². The molecule has 1 amide bonds. The molecule has 15 heavy (non-hydrogen) atoms. The molecule has 1 aromatic rings. The smallest absolute Gasteiger partial charge is 0.429 e. The molecule has 1 aromatic carbocycles. The molecule has 0 bridgehead atoms. The molecule has 1 rings (SSSR count). The Morgan fingerprint density at radius 3 is 2.07 bits per heavy atom. The van der Waals surface area contributed by atoms with Crippen molar-refractivity contribution in [3.8, 4) is 0 Å². The molecular formula is C8H10ArBINO3. The van der Waals surface area contributed by atoms with Gasteiger partial charge in [0, 0.05) is 53.9 Å². The van der Waals surface area contributed by atoms with Gasteiger partial charge in [-0.15, -0.1) is 0 Å². The van der Waals surface area contributed by atoms with Crippen molar-refractivity contribution in [2.45, 2.75) is 0 Å². The van der Waals surface area contributed by atoms with Gasteiger partial charge < -0.3 is 15.4 Å². The maximum Gasteiger partial charge on any atom is 0.482 e. The molecule has 0 aromatic heterocycles. The number of hydrogen-bond acceptors (Lipinski definition) is 3. The van der Waals surface area contributed by atoms with Crippen LogP contribution in [0.1, 0.15) is 10.4 Å². The molecule has 83 valence electrons. The van der Waals surface area contributed by atoms with Gasteiger partial charge in [0.15, 0.2) is 0 Å². The van der Waals surface area contributed by atoms with Gasteiger partial charge in [-0.25, -0.2) is 0 Å². The maximum absolute atomic E-state index is 11.0. The minimum absolute atomic E-state index is 0. The summed E-state index contributed by atoms with van der Waals surface area (Å²) in [5.41, 5.74) is 0.702. The number of rotatable bonds is 1. The van der Waals surface area contributed by atoms with Crippen molar-refractivity contribution in [2.75, 3.05) is 7.05 Å². The van der Waals surface area contributed by atoms with Crippen LogP contribution in [0.5, 0.6) is 0 Å². The summed E-state index contributed by atoms with van der Waals surface area (Å²) in [6, 6.07) is 7.43. The van der Waals surface area contributed by atoms with E-state index in [9.17, 15) is 4.79 Å². The van der Waals surface area contributed by atoms with E-state index in [1.807, 2.05) is 12.1 Å². The van der Waals surface area contributed by atoms with Gasteiger partial charge in [0.1, 0.15) is 0 Å². The monoisotopic (exact) mass is 346 g/mol. The van der Waals surface area contributed by atoms with Crippen LogP contribution < -0.4 is 5.32 Å². The standard InChI is InChI=1S/C8H8INO.Ar.BH2O2/c1-10-8(11)6-2-4-7(9)5-3-6;;2-1-3/h2-5H,1H3,(H,10,11);;2-3H. The van der Waals surface area contributed by atoms with Crippen LogP contribution in [0, 0.1) is 41.3 Å². The first-order valence-electron chi connectivity index (χ1n) is 3.73. The van der Waals surface area contributed by atoms with E-state index >= 15 is 0 Å². The van der Waals surface area contributed by atoms with Gasteiger partial charge in [-0.2, -0.15) is 0 Å². The van der Waals surface area contributed by atoms with E-state index in [1.165, 1.54) is 0 Å². The molecular weight excluding hydrogens is 336 g/mol. The summed E-state index contributed by atoms with van der Waals surface area (Å²) in [4.78, 5) is 11.0. The quantitative estimate of drug-likeness (QED) is 0.501. The van der Waals surface area contributed by atoms with E-state index in [2.05, 4.69) is 27.9 Å². The van der Waals surface area contributed by atoms with Crippen LogP contribution in [0.25, 0.3) is 0 Å². The molecule has 0 atom stereocenters. The van der Waals surface area contributed by atoms with Gasteiger partial charge in [-0.3, -0.25) is 4.79 Å². The van der Waals surface area contributed by atoms with Crippen molar-refractivity contribution >= 4 is 36.2 Å². The average Bonchev–Trinajstić information content (AvgIpc) is 2.19. The molecule has 3 N–H and O–H groups in total. The number of amides is 1. The Morgan fingerprint density at radius 1 is 1.33 bits per heavy atom. The van der Waals surface area contributed by atoms with E-state index in [-0.39, 0.29) is 51.3 Å². The second-order valence-corrected chi connectivity index (χ2v) is 3.45. The zero-order chi connectivity index (χ0) is 11.0. The third-order valence-electron chi connectivity index (χ3n) is 1.33. The molecule has 0 saturated heterocycles. The summed E-state index contributed by atoms with van der Waals surface area (Å²) >= 11 is 2.20. The minimum Gasteiger partial charge on any atom is -0.429 e. The van der Waals surface area contributed by atoms with Crippen molar-refractivity contribution in [2.24, 2.45) is 0 Å². The van der Waals surface area contributed by atoms with E-state index < -0.39 is 0 Å². The van der Waals surface area contributed by atoms with E-state index in [4.69, 9.17) is 10.0 Å². The van der Waals surface area contributed by atoms with Gasteiger partial charge in [0.2, 0.25) is 0 Å². The zero-order valence-corrected chi connectivity index (χ0v) is 10.8. The second-order valence-electron chi connectivity index (χ2n) is 2.20. The average molecular weight is 346 g/mol. The minimum atomic E-state index is -0.0404. The molecule has 0 heterocycles. The van der Waals surface area contributed by atoms with E-state index in [1.54, 1.807) is 19.2 Å². The fraction of sp³-hybridized carbons (Fsp3) is 0.125. The molecule has 0 aliphatic carbocycles. The predicted molar refractivity (Wildman–Crippen MR) is 62.7 cm³/mol. The molecule has 1 radical (unpaired) electrons. The van der Waals surface area contributed by atoms with Crippen LogP contribution in [-0.4, -0.2) is 30.7 Å². The fourth-order valence-corrected chi connectivity index (χ4v) is 1.11. The zero-order valence-electron chi connectivity index (χ0n) is 7.92. The third kappa shape index (κ3) is 8.47. The first-order chi connectivity index (χ1) is 6.65. The third-order valence-corrected chi connectivity index (χ3v) is 2.05. The fourth-order valence-electron chi connectivity index (χ4n) is 0.746. The van der Waals surface area contributed by atoms with Gasteiger partial charge in [0.05, 0.1) is 0 Å². The summed E-state index contributed by atoms with van der Waals surface area (Å²) in [7, 11) is 1.63. The van der Waals surface area contributed by atoms with Gasteiger partial charge in [-0.1, -0.05) is 0 Å². The van der Waals surface area contributed by atoms with Crippen molar-refractivity contribution in [3.05, 3.63) is 33.4 Å². The summed E-state index contributed by atoms with van der Waals surface area (Å²) in [6.07, 6.45) is 0. The molecule has 0 spiro atoms. The molecule has 0 aliphatic heterocycles. The van der Waals surface area contributed by atoms with Crippen LogP contribution in [0.4, 0.5) is 0 Å². The molecule has 0 fully saturated rings. The normalized spacial score (nSPS) is 7.73.